The number of aryl methyl sites for hydroxylation is 1. The highest BCUT2D eigenvalue weighted by Gasteiger charge is 2.20. The maximum Gasteiger partial charge on any atom is 0.161 e. The van der Waals surface area contributed by atoms with Gasteiger partial charge in [0, 0.05) is 22.5 Å². The molecule has 1 aliphatic carbocycles. The summed E-state index contributed by atoms with van der Waals surface area (Å²) in [5.74, 6) is 1.32. The van der Waals surface area contributed by atoms with E-state index in [0.29, 0.717) is 0 Å². The summed E-state index contributed by atoms with van der Waals surface area (Å²) in [6, 6.07) is 16.3. The zero-order valence-electron chi connectivity index (χ0n) is 12.6. The van der Waals surface area contributed by atoms with Crippen molar-refractivity contribution in [2.45, 2.75) is 19.3 Å². The van der Waals surface area contributed by atoms with Gasteiger partial charge in [0.25, 0.3) is 0 Å². The predicted octanol–water partition coefficient (Wildman–Crippen LogP) is 4.52. The number of rotatable bonds is 3. The van der Waals surface area contributed by atoms with Gasteiger partial charge in [0.1, 0.15) is 11.6 Å². The van der Waals surface area contributed by atoms with Gasteiger partial charge in [-0.15, -0.1) is 0 Å². The summed E-state index contributed by atoms with van der Waals surface area (Å²) >= 11 is 0. The Balaban J connectivity index is 1.76. The molecule has 23 heavy (non-hydrogen) atoms. The van der Waals surface area contributed by atoms with E-state index in [1.807, 2.05) is 30.3 Å². The van der Waals surface area contributed by atoms with Crippen LogP contribution in [-0.2, 0) is 12.8 Å². The molecule has 4 rings (SSSR count). The summed E-state index contributed by atoms with van der Waals surface area (Å²) in [5.41, 5.74) is 4.13. The number of hydrogen-bond acceptors (Lipinski definition) is 3. The molecule has 0 saturated carbocycles. The van der Waals surface area contributed by atoms with Crippen LogP contribution in [0.1, 0.15) is 17.7 Å². The molecule has 114 valence electrons. The van der Waals surface area contributed by atoms with E-state index < -0.39 is 0 Å². The van der Waals surface area contributed by atoms with Crippen molar-refractivity contribution in [2.24, 2.45) is 0 Å². The molecule has 0 spiro atoms. The Morgan fingerprint density at radius 1 is 0.870 bits per heavy atom. The molecule has 0 amide bonds. The molecule has 2 aromatic carbocycles. The minimum absolute atomic E-state index is 0.242. The van der Waals surface area contributed by atoms with Crippen molar-refractivity contribution in [2.75, 3.05) is 5.32 Å². The lowest BCUT2D eigenvalue weighted by atomic mass is 10.2. The minimum Gasteiger partial charge on any atom is -0.340 e. The number of anilines is 2. The highest BCUT2D eigenvalue weighted by molar-refractivity contribution is 5.65. The van der Waals surface area contributed by atoms with Gasteiger partial charge in [0.2, 0.25) is 0 Å². The predicted molar refractivity (Wildman–Crippen MR) is 89.2 cm³/mol. The summed E-state index contributed by atoms with van der Waals surface area (Å²) in [6.07, 6.45) is 3.06. The lowest BCUT2D eigenvalue weighted by Crippen LogP contribution is -2.03. The van der Waals surface area contributed by atoms with Crippen molar-refractivity contribution in [3.8, 4) is 11.4 Å². The van der Waals surface area contributed by atoms with E-state index in [4.69, 9.17) is 9.97 Å². The normalized spacial score (nSPS) is 12.9. The fourth-order valence-electron chi connectivity index (χ4n) is 2.92. The maximum absolute atomic E-state index is 13.1. The van der Waals surface area contributed by atoms with Gasteiger partial charge in [-0.25, -0.2) is 14.4 Å². The first kappa shape index (κ1) is 13.9. The molecule has 4 heteroatoms. The van der Waals surface area contributed by atoms with Crippen LogP contribution < -0.4 is 5.32 Å². The first-order chi connectivity index (χ1) is 11.3. The Labute approximate surface area is 134 Å². The molecule has 1 N–H and O–H groups in total. The number of benzene rings is 2. The van der Waals surface area contributed by atoms with Crippen molar-refractivity contribution in [1.82, 2.24) is 9.97 Å². The molecular formula is C19H16FN3. The lowest BCUT2D eigenvalue weighted by molar-refractivity contribution is 0.628. The topological polar surface area (TPSA) is 37.8 Å². The van der Waals surface area contributed by atoms with Gasteiger partial charge in [-0.2, -0.15) is 0 Å². The Bertz CT molecular complexity index is 829. The molecule has 1 aliphatic rings. The van der Waals surface area contributed by atoms with Gasteiger partial charge >= 0.3 is 0 Å². The van der Waals surface area contributed by atoms with Crippen molar-refractivity contribution < 1.29 is 4.39 Å². The molecule has 0 saturated heterocycles. The van der Waals surface area contributed by atoms with E-state index in [1.165, 1.54) is 17.7 Å². The summed E-state index contributed by atoms with van der Waals surface area (Å²) in [7, 11) is 0. The van der Waals surface area contributed by atoms with E-state index in [2.05, 4.69) is 5.32 Å². The second-order valence-corrected chi connectivity index (χ2v) is 5.67. The summed E-state index contributed by atoms with van der Waals surface area (Å²) in [5, 5.41) is 3.32. The average molecular weight is 305 g/mol. The van der Waals surface area contributed by atoms with Gasteiger partial charge in [-0.1, -0.05) is 30.3 Å². The highest BCUT2D eigenvalue weighted by Crippen LogP contribution is 2.30. The number of fused-ring (bicyclic) bond motifs is 1. The smallest absolute Gasteiger partial charge is 0.161 e. The quantitative estimate of drug-likeness (QED) is 0.773. The van der Waals surface area contributed by atoms with Crippen LogP contribution in [0.15, 0.2) is 54.6 Å². The standard InChI is InChI=1S/C19H16FN3/c20-14-9-11-15(12-10-14)21-19-16-7-4-8-17(16)22-18(23-19)13-5-2-1-3-6-13/h1-3,5-6,9-12H,4,7-8H2,(H,21,22,23). The molecule has 1 heterocycles. The maximum atomic E-state index is 13.1. The second kappa shape index (κ2) is 5.80. The first-order valence-electron chi connectivity index (χ1n) is 7.77. The number of nitrogens with one attached hydrogen (secondary N) is 1. The molecule has 3 nitrogen and oxygen atoms in total. The molecular weight excluding hydrogens is 289 g/mol. The summed E-state index contributed by atoms with van der Waals surface area (Å²) in [6.45, 7) is 0. The van der Waals surface area contributed by atoms with Crippen LogP contribution in [-0.4, -0.2) is 9.97 Å². The largest absolute Gasteiger partial charge is 0.340 e. The zero-order valence-corrected chi connectivity index (χ0v) is 12.6. The van der Waals surface area contributed by atoms with Crippen LogP contribution in [0.3, 0.4) is 0 Å². The van der Waals surface area contributed by atoms with Gasteiger partial charge in [-0.05, 0) is 43.5 Å². The number of hydrogen-bond donors (Lipinski definition) is 1. The van der Waals surface area contributed by atoms with Gasteiger partial charge in [-0.3, -0.25) is 0 Å². The molecule has 0 atom stereocenters. The molecule has 0 aliphatic heterocycles. The highest BCUT2D eigenvalue weighted by atomic mass is 19.1. The first-order valence-corrected chi connectivity index (χ1v) is 7.77. The molecule has 3 aromatic rings. The van der Waals surface area contributed by atoms with Crippen LogP contribution in [0.5, 0.6) is 0 Å². The monoisotopic (exact) mass is 305 g/mol. The number of nitrogens with zero attached hydrogens (tertiary/aromatic N) is 2. The lowest BCUT2D eigenvalue weighted by Gasteiger charge is -2.12. The van der Waals surface area contributed by atoms with Gasteiger partial charge in [0.15, 0.2) is 5.82 Å². The Kier molecular flexibility index (Phi) is 3.50. The van der Waals surface area contributed by atoms with Crippen molar-refractivity contribution >= 4 is 11.5 Å². The van der Waals surface area contributed by atoms with E-state index in [1.54, 1.807) is 12.1 Å². The van der Waals surface area contributed by atoms with Crippen LogP contribution in [0, 0.1) is 5.82 Å². The number of aromatic nitrogens is 2. The summed E-state index contributed by atoms with van der Waals surface area (Å²) in [4.78, 5) is 9.45. The third-order valence-electron chi connectivity index (χ3n) is 4.07. The zero-order chi connectivity index (χ0) is 15.6. The minimum atomic E-state index is -0.242. The van der Waals surface area contributed by atoms with Crippen LogP contribution >= 0.6 is 0 Å². The van der Waals surface area contributed by atoms with Crippen molar-refractivity contribution in [3.05, 3.63) is 71.7 Å². The molecule has 0 bridgehead atoms. The third-order valence-corrected chi connectivity index (χ3v) is 4.07. The Hall–Kier alpha value is -2.75. The molecule has 1 aromatic heterocycles. The average Bonchev–Trinajstić information content (AvgIpc) is 3.06. The third kappa shape index (κ3) is 2.80. The van der Waals surface area contributed by atoms with E-state index in [9.17, 15) is 4.39 Å². The Morgan fingerprint density at radius 2 is 1.65 bits per heavy atom. The number of halogens is 1. The van der Waals surface area contributed by atoms with Crippen LogP contribution in [0.25, 0.3) is 11.4 Å². The van der Waals surface area contributed by atoms with Crippen molar-refractivity contribution in [3.63, 3.8) is 0 Å². The van der Waals surface area contributed by atoms with Crippen LogP contribution in [0.4, 0.5) is 15.9 Å². The SMILES string of the molecule is Fc1ccc(Nc2nc(-c3ccccc3)nc3c2CCC3)cc1. The van der Waals surface area contributed by atoms with E-state index in [0.717, 1.165) is 47.8 Å². The molecule has 0 radical (unpaired) electrons. The van der Waals surface area contributed by atoms with E-state index >= 15 is 0 Å². The van der Waals surface area contributed by atoms with Gasteiger partial charge in [0.05, 0.1) is 0 Å². The Morgan fingerprint density at radius 3 is 2.43 bits per heavy atom. The van der Waals surface area contributed by atoms with Gasteiger partial charge < -0.3 is 5.32 Å². The summed E-state index contributed by atoms with van der Waals surface area (Å²) < 4.78 is 13.1. The fraction of sp³-hybridized carbons (Fsp3) is 0.158. The van der Waals surface area contributed by atoms with Crippen LogP contribution in [0.2, 0.25) is 0 Å². The van der Waals surface area contributed by atoms with E-state index in [-0.39, 0.29) is 5.82 Å². The second-order valence-electron chi connectivity index (χ2n) is 5.67. The van der Waals surface area contributed by atoms with Crippen molar-refractivity contribution in [1.29, 1.82) is 0 Å². The molecule has 0 unspecified atom stereocenters. The fourth-order valence-corrected chi connectivity index (χ4v) is 2.92. The molecule has 0 fully saturated rings.